The van der Waals surface area contributed by atoms with E-state index in [4.69, 9.17) is 0 Å². The lowest BCUT2D eigenvalue weighted by Crippen LogP contribution is -2.07. The maximum Gasteiger partial charge on any atom is 0.116 e. The van der Waals surface area contributed by atoms with Crippen molar-refractivity contribution in [2.24, 2.45) is 0 Å². The van der Waals surface area contributed by atoms with Crippen LogP contribution in [0.5, 0.6) is 11.5 Å². The van der Waals surface area contributed by atoms with Crippen LogP contribution in [-0.2, 0) is 12.8 Å². The molecule has 0 saturated carbocycles. The first-order chi connectivity index (χ1) is 12.7. The van der Waals surface area contributed by atoms with Crippen LogP contribution in [-0.4, -0.2) is 10.2 Å². The monoisotopic (exact) mass is 344 g/mol. The van der Waals surface area contributed by atoms with E-state index in [1.54, 1.807) is 12.1 Å². The Morgan fingerprint density at radius 1 is 0.846 bits per heavy atom. The Kier molecular flexibility index (Phi) is 4.42. The van der Waals surface area contributed by atoms with Crippen LogP contribution in [0.2, 0.25) is 0 Å². The highest BCUT2D eigenvalue weighted by Crippen LogP contribution is 2.50. The van der Waals surface area contributed by atoms with Crippen molar-refractivity contribution in [1.82, 2.24) is 0 Å². The molecule has 0 bridgehead atoms. The summed E-state index contributed by atoms with van der Waals surface area (Å²) < 4.78 is 0. The molecule has 2 unspecified atom stereocenters. The van der Waals surface area contributed by atoms with Gasteiger partial charge < -0.3 is 10.2 Å². The van der Waals surface area contributed by atoms with Gasteiger partial charge in [-0.15, -0.1) is 0 Å². The fraction of sp³-hybridized carbons (Fsp3) is 0.250. The van der Waals surface area contributed by atoms with Crippen molar-refractivity contribution in [3.8, 4) is 11.5 Å². The van der Waals surface area contributed by atoms with Crippen molar-refractivity contribution in [1.29, 1.82) is 0 Å². The van der Waals surface area contributed by atoms with Gasteiger partial charge in [-0.25, -0.2) is 0 Å². The minimum Gasteiger partial charge on any atom is -0.508 e. The van der Waals surface area contributed by atoms with E-state index >= 15 is 0 Å². The minimum atomic E-state index is 0.221. The maximum atomic E-state index is 10.3. The van der Waals surface area contributed by atoms with E-state index in [1.165, 1.54) is 27.8 Å². The Morgan fingerprint density at radius 3 is 2.27 bits per heavy atom. The summed E-state index contributed by atoms with van der Waals surface area (Å²) >= 11 is 0. The molecule has 3 aromatic carbocycles. The number of benzene rings is 3. The van der Waals surface area contributed by atoms with Gasteiger partial charge in [0.2, 0.25) is 0 Å². The maximum absolute atomic E-state index is 10.3. The zero-order valence-electron chi connectivity index (χ0n) is 15.0. The van der Waals surface area contributed by atoms with Crippen LogP contribution >= 0.6 is 0 Å². The third kappa shape index (κ3) is 2.96. The summed E-state index contributed by atoms with van der Waals surface area (Å²) in [5, 5.41) is 20.0. The van der Waals surface area contributed by atoms with E-state index in [-0.39, 0.29) is 5.92 Å². The second-order valence-corrected chi connectivity index (χ2v) is 7.21. The van der Waals surface area contributed by atoms with E-state index in [0.29, 0.717) is 17.4 Å². The molecule has 2 N–H and O–H groups in total. The lowest BCUT2D eigenvalue weighted by molar-refractivity contribution is 0.473. The van der Waals surface area contributed by atoms with Gasteiger partial charge in [-0.2, -0.15) is 0 Å². The zero-order valence-corrected chi connectivity index (χ0v) is 15.0. The topological polar surface area (TPSA) is 40.5 Å². The fourth-order valence-corrected chi connectivity index (χ4v) is 4.42. The molecule has 1 aliphatic rings. The van der Waals surface area contributed by atoms with Crippen LogP contribution in [0.4, 0.5) is 0 Å². The molecule has 0 radical (unpaired) electrons. The van der Waals surface area contributed by atoms with Gasteiger partial charge in [0.15, 0.2) is 0 Å². The quantitative estimate of drug-likeness (QED) is 0.654. The second kappa shape index (κ2) is 6.87. The number of phenols is 2. The van der Waals surface area contributed by atoms with Crippen LogP contribution < -0.4 is 0 Å². The molecule has 3 aromatic rings. The molecule has 0 amide bonds. The predicted octanol–water partition coefficient (Wildman–Crippen LogP) is 5.52. The molecule has 4 rings (SSSR count). The van der Waals surface area contributed by atoms with Crippen LogP contribution in [0.3, 0.4) is 0 Å². The number of hydrogen-bond donors (Lipinski definition) is 2. The Morgan fingerprint density at radius 2 is 1.58 bits per heavy atom. The average Bonchev–Trinajstić information content (AvgIpc) is 3.02. The largest absolute Gasteiger partial charge is 0.508 e. The first-order valence-corrected chi connectivity index (χ1v) is 9.36. The van der Waals surface area contributed by atoms with Crippen molar-refractivity contribution >= 4 is 0 Å². The lowest BCUT2D eigenvalue weighted by atomic mass is 9.82. The number of aryl methyl sites for hydroxylation is 1. The Bertz CT molecular complexity index is 897. The fourth-order valence-electron chi connectivity index (χ4n) is 4.42. The highest BCUT2D eigenvalue weighted by atomic mass is 16.3. The third-order valence-electron chi connectivity index (χ3n) is 5.52. The summed E-state index contributed by atoms with van der Waals surface area (Å²) in [6.07, 6.45) is 3.02. The van der Waals surface area contributed by atoms with Crippen molar-refractivity contribution in [3.63, 3.8) is 0 Å². The molecule has 0 spiro atoms. The molecule has 0 aliphatic heterocycles. The molecule has 2 heteroatoms. The van der Waals surface area contributed by atoms with Gasteiger partial charge in [-0.05, 0) is 70.8 Å². The smallest absolute Gasteiger partial charge is 0.116 e. The van der Waals surface area contributed by atoms with Gasteiger partial charge in [0.25, 0.3) is 0 Å². The van der Waals surface area contributed by atoms with Crippen molar-refractivity contribution in [2.45, 2.75) is 38.0 Å². The van der Waals surface area contributed by atoms with Crippen molar-refractivity contribution < 1.29 is 10.2 Å². The van der Waals surface area contributed by atoms with Gasteiger partial charge in [-0.1, -0.05) is 55.8 Å². The molecular formula is C24H24O2. The first kappa shape index (κ1) is 16.7. The molecule has 0 aromatic heterocycles. The Balaban J connectivity index is 1.87. The van der Waals surface area contributed by atoms with Gasteiger partial charge in [0.05, 0.1) is 0 Å². The van der Waals surface area contributed by atoms with Gasteiger partial charge in [0.1, 0.15) is 11.5 Å². The first-order valence-electron chi connectivity index (χ1n) is 9.36. The molecular weight excluding hydrogens is 320 g/mol. The van der Waals surface area contributed by atoms with Crippen LogP contribution in [0, 0.1) is 0 Å². The van der Waals surface area contributed by atoms with Crippen LogP contribution in [0.15, 0.2) is 66.7 Å². The molecule has 26 heavy (non-hydrogen) atoms. The van der Waals surface area contributed by atoms with E-state index < -0.39 is 0 Å². The zero-order chi connectivity index (χ0) is 18.1. The number of aromatic hydroxyl groups is 2. The molecule has 0 saturated heterocycles. The van der Waals surface area contributed by atoms with E-state index in [9.17, 15) is 10.2 Å². The van der Waals surface area contributed by atoms with Crippen LogP contribution in [0.1, 0.15) is 53.0 Å². The molecule has 1 aliphatic carbocycles. The summed E-state index contributed by atoms with van der Waals surface area (Å²) in [7, 11) is 0. The summed E-state index contributed by atoms with van der Waals surface area (Å²) in [6.45, 7) is 2.18. The summed E-state index contributed by atoms with van der Waals surface area (Å²) in [4.78, 5) is 0. The SMILES string of the molecule is CCCc1cc(O)cc2c1CC(c1ccc(O)cc1)C2c1ccccc1. The van der Waals surface area contributed by atoms with Crippen LogP contribution in [0.25, 0.3) is 0 Å². The molecule has 2 nitrogen and oxygen atoms in total. The molecule has 0 fully saturated rings. The average molecular weight is 344 g/mol. The lowest BCUT2D eigenvalue weighted by Gasteiger charge is -2.22. The highest BCUT2D eigenvalue weighted by Gasteiger charge is 2.36. The minimum absolute atomic E-state index is 0.221. The van der Waals surface area contributed by atoms with Crippen molar-refractivity contribution in [3.05, 3.63) is 94.5 Å². The Hall–Kier alpha value is -2.74. The molecule has 132 valence electrons. The van der Waals surface area contributed by atoms with E-state index in [0.717, 1.165) is 19.3 Å². The number of phenolic OH excluding ortho intramolecular Hbond substituents is 2. The van der Waals surface area contributed by atoms with Gasteiger partial charge >= 0.3 is 0 Å². The van der Waals surface area contributed by atoms with E-state index in [2.05, 4.69) is 31.2 Å². The second-order valence-electron chi connectivity index (χ2n) is 7.21. The summed E-state index contributed by atoms with van der Waals surface area (Å²) in [5.41, 5.74) is 6.41. The highest BCUT2D eigenvalue weighted by molar-refractivity contribution is 5.54. The predicted molar refractivity (Wildman–Crippen MR) is 105 cm³/mol. The molecule has 0 heterocycles. The number of rotatable bonds is 4. The third-order valence-corrected chi connectivity index (χ3v) is 5.52. The van der Waals surface area contributed by atoms with Gasteiger partial charge in [-0.3, -0.25) is 0 Å². The normalized spacial score (nSPS) is 18.7. The van der Waals surface area contributed by atoms with E-state index in [1.807, 2.05) is 30.3 Å². The van der Waals surface area contributed by atoms with Gasteiger partial charge in [0, 0.05) is 5.92 Å². The standard InChI is InChI=1S/C24H24O2/c1-2-6-18-13-20(26)14-23-21(18)15-22(16-9-11-19(25)12-10-16)24(23)17-7-4-3-5-8-17/h3-5,7-14,22,24-26H,2,6,15H2,1H3. The number of hydrogen-bond acceptors (Lipinski definition) is 2. The summed E-state index contributed by atoms with van der Waals surface area (Å²) in [5.74, 6) is 1.19. The molecule has 2 atom stereocenters. The Labute approximate surface area is 154 Å². The summed E-state index contributed by atoms with van der Waals surface area (Å²) in [6, 6.07) is 22.0. The van der Waals surface area contributed by atoms with Crippen molar-refractivity contribution in [2.75, 3.05) is 0 Å². The number of fused-ring (bicyclic) bond motifs is 1.